The molecule has 0 spiro atoms. The Labute approximate surface area is 152 Å². The average molecular weight is 372 g/mol. The second kappa shape index (κ2) is 9.59. The Bertz CT molecular complexity index is 529. The second-order valence-corrected chi connectivity index (χ2v) is 6.84. The molecule has 148 valence electrons. The molecule has 0 radical (unpaired) electrons. The molecule has 0 aromatic rings. The summed E-state index contributed by atoms with van der Waals surface area (Å²) < 4.78 is 10.7. The predicted octanol–water partition coefficient (Wildman–Crippen LogP) is -0.0496. The molecule has 2 rings (SSSR count). The third-order valence-corrected chi connectivity index (χ3v) is 5.04. The molecule has 0 bridgehead atoms. The molecule has 1 unspecified atom stereocenters. The van der Waals surface area contributed by atoms with E-state index in [0.29, 0.717) is 31.3 Å². The van der Waals surface area contributed by atoms with Crippen molar-refractivity contribution in [2.45, 2.75) is 62.8 Å². The van der Waals surface area contributed by atoms with Gasteiger partial charge in [-0.2, -0.15) is 0 Å². The van der Waals surface area contributed by atoms with Crippen LogP contribution in [0.5, 0.6) is 0 Å². The zero-order chi connectivity index (χ0) is 19.3. The number of ether oxygens (including phenoxy) is 2. The first-order valence-corrected chi connectivity index (χ1v) is 8.87. The smallest absolute Gasteiger partial charge is 0.331 e. The van der Waals surface area contributed by atoms with Crippen molar-refractivity contribution < 1.29 is 39.8 Å². The fraction of sp³-hybridized carbons (Fsp3) is 0.722. The molecule has 0 aromatic heterocycles. The summed E-state index contributed by atoms with van der Waals surface area (Å²) in [5.74, 6) is -0.604. The second-order valence-electron chi connectivity index (χ2n) is 6.84. The van der Waals surface area contributed by atoms with Gasteiger partial charge in [-0.25, -0.2) is 4.79 Å². The number of carboxylic acids is 1. The molecule has 0 saturated carbocycles. The topological polar surface area (TPSA) is 137 Å². The fourth-order valence-electron chi connectivity index (χ4n) is 3.31. The third kappa shape index (κ3) is 5.12. The molecule has 5 N–H and O–H groups in total. The molecule has 1 fully saturated rings. The van der Waals surface area contributed by atoms with Gasteiger partial charge in [0.25, 0.3) is 0 Å². The number of aliphatic carboxylic acids is 1. The van der Waals surface area contributed by atoms with Crippen LogP contribution in [0.1, 0.15) is 32.1 Å². The van der Waals surface area contributed by atoms with Gasteiger partial charge in [-0.3, -0.25) is 0 Å². The summed E-state index contributed by atoms with van der Waals surface area (Å²) in [6.45, 7) is 3.84. The molecular weight excluding hydrogens is 344 g/mol. The van der Waals surface area contributed by atoms with E-state index in [1.807, 2.05) is 0 Å². The minimum atomic E-state index is -1.45. The van der Waals surface area contributed by atoms with Crippen molar-refractivity contribution in [2.75, 3.05) is 13.2 Å². The van der Waals surface area contributed by atoms with Crippen molar-refractivity contribution in [3.05, 3.63) is 23.8 Å². The summed E-state index contributed by atoms with van der Waals surface area (Å²) in [7, 11) is 0. The van der Waals surface area contributed by atoms with Crippen LogP contribution in [0.4, 0.5) is 0 Å². The molecule has 1 aliphatic carbocycles. The van der Waals surface area contributed by atoms with Crippen molar-refractivity contribution in [1.82, 2.24) is 0 Å². The molecule has 1 aliphatic heterocycles. The number of aliphatic hydroxyl groups is 4. The van der Waals surface area contributed by atoms with Gasteiger partial charge in [-0.05, 0) is 38.0 Å². The number of hydrogen-bond donors (Lipinski definition) is 5. The molecule has 1 saturated heterocycles. The van der Waals surface area contributed by atoms with Crippen molar-refractivity contribution in [3.8, 4) is 0 Å². The van der Waals surface area contributed by atoms with Gasteiger partial charge in [0.2, 0.25) is 0 Å². The summed E-state index contributed by atoms with van der Waals surface area (Å²) in [5.41, 5.74) is 1.49. The van der Waals surface area contributed by atoms with Crippen LogP contribution in [0.3, 0.4) is 0 Å². The SMILES string of the molecule is C=C(CCCO[C@@H]1O[C@H](CO)[C@@H](O)[C@H](O)[C@H]1O)C1CC=C(C(=O)O)CC1. The van der Waals surface area contributed by atoms with Gasteiger partial charge in [0.05, 0.1) is 13.2 Å². The van der Waals surface area contributed by atoms with Crippen LogP contribution in [0.15, 0.2) is 23.8 Å². The molecule has 1 heterocycles. The lowest BCUT2D eigenvalue weighted by Crippen LogP contribution is -2.59. The van der Waals surface area contributed by atoms with E-state index >= 15 is 0 Å². The van der Waals surface area contributed by atoms with Crippen LogP contribution in [0.25, 0.3) is 0 Å². The van der Waals surface area contributed by atoms with E-state index in [9.17, 15) is 20.1 Å². The first kappa shape index (κ1) is 21.0. The van der Waals surface area contributed by atoms with Crippen molar-refractivity contribution in [2.24, 2.45) is 5.92 Å². The third-order valence-electron chi connectivity index (χ3n) is 5.04. The molecule has 0 aromatic carbocycles. The van der Waals surface area contributed by atoms with E-state index in [-0.39, 0.29) is 12.5 Å². The number of aliphatic hydroxyl groups excluding tert-OH is 4. The highest BCUT2D eigenvalue weighted by molar-refractivity contribution is 5.86. The summed E-state index contributed by atoms with van der Waals surface area (Å²) in [5, 5.41) is 47.4. The van der Waals surface area contributed by atoms with Crippen molar-refractivity contribution in [3.63, 3.8) is 0 Å². The maximum Gasteiger partial charge on any atom is 0.331 e. The molecule has 0 amide bonds. The Morgan fingerprint density at radius 1 is 1.27 bits per heavy atom. The first-order valence-electron chi connectivity index (χ1n) is 8.87. The standard InChI is InChI=1S/C18H28O8/c1-10(11-4-6-12(7-5-11)17(23)24)3-2-8-25-18-16(22)15(21)14(20)13(9-19)26-18/h6,11,13-16,18-22H,1-5,7-9H2,(H,23,24)/t11?,13-,14-,15+,16-,18-/m1/s1. The van der Waals surface area contributed by atoms with Gasteiger partial charge in [0.1, 0.15) is 24.4 Å². The Hall–Kier alpha value is -1.29. The van der Waals surface area contributed by atoms with Crippen LogP contribution in [0, 0.1) is 5.92 Å². The van der Waals surface area contributed by atoms with Gasteiger partial charge in [-0.15, -0.1) is 0 Å². The highest BCUT2D eigenvalue weighted by Crippen LogP contribution is 2.30. The maximum absolute atomic E-state index is 10.9. The number of rotatable bonds is 8. The number of carbonyl (C=O) groups is 1. The Morgan fingerprint density at radius 3 is 2.58 bits per heavy atom. The normalized spacial score (nSPS) is 35.0. The van der Waals surface area contributed by atoms with E-state index < -0.39 is 43.3 Å². The van der Waals surface area contributed by atoms with Crippen molar-refractivity contribution >= 4 is 5.97 Å². The summed E-state index contributed by atoms with van der Waals surface area (Å²) in [6, 6.07) is 0. The van der Waals surface area contributed by atoms with Crippen LogP contribution in [-0.2, 0) is 14.3 Å². The number of allylic oxidation sites excluding steroid dienone is 2. The Balaban J connectivity index is 1.71. The first-order chi connectivity index (χ1) is 12.3. The lowest BCUT2D eigenvalue weighted by molar-refractivity contribution is -0.301. The highest BCUT2D eigenvalue weighted by Gasteiger charge is 2.43. The quantitative estimate of drug-likeness (QED) is 0.295. The number of carboxylic acid groups (broad SMARTS) is 1. The van der Waals surface area contributed by atoms with E-state index in [0.717, 1.165) is 12.0 Å². The lowest BCUT2D eigenvalue weighted by Gasteiger charge is -2.39. The molecule has 6 atom stereocenters. The van der Waals surface area contributed by atoms with Gasteiger partial charge in [0.15, 0.2) is 6.29 Å². The summed E-state index contributed by atoms with van der Waals surface area (Å²) in [4.78, 5) is 10.9. The largest absolute Gasteiger partial charge is 0.478 e. The van der Waals surface area contributed by atoms with Crippen LogP contribution < -0.4 is 0 Å². The van der Waals surface area contributed by atoms with E-state index in [1.54, 1.807) is 6.08 Å². The van der Waals surface area contributed by atoms with Crippen LogP contribution in [0.2, 0.25) is 0 Å². The summed E-state index contributed by atoms with van der Waals surface area (Å²) >= 11 is 0. The van der Waals surface area contributed by atoms with Gasteiger partial charge < -0.3 is 35.0 Å². The highest BCUT2D eigenvalue weighted by atomic mass is 16.7. The average Bonchev–Trinajstić information content (AvgIpc) is 2.64. The predicted molar refractivity (Wildman–Crippen MR) is 91.2 cm³/mol. The minimum absolute atomic E-state index is 0.255. The van der Waals surface area contributed by atoms with Gasteiger partial charge >= 0.3 is 5.97 Å². The zero-order valence-electron chi connectivity index (χ0n) is 14.7. The number of hydrogen-bond acceptors (Lipinski definition) is 7. The van der Waals surface area contributed by atoms with E-state index in [4.69, 9.17) is 19.7 Å². The van der Waals surface area contributed by atoms with Gasteiger partial charge in [-0.1, -0.05) is 18.2 Å². The Kier molecular flexibility index (Phi) is 7.75. The van der Waals surface area contributed by atoms with Crippen LogP contribution in [-0.4, -0.2) is 75.4 Å². The van der Waals surface area contributed by atoms with Crippen molar-refractivity contribution in [1.29, 1.82) is 0 Å². The minimum Gasteiger partial charge on any atom is -0.478 e. The zero-order valence-corrected chi connectivity index (χ0v) is 14.7. The molecule has 8 heteroatoms. The monoisotopic (exact) mass is 372 g/mol. The van der Waals surface area contributed by atoms with Crippen LogP contribution >= 0.6 is 0 Å². The molecule has 2 aliphatic rings. The molecule has 8 nitrogen and oxygen atoms in total. The molecule has 26 heavy (non-hydrogen) atoms. The maximum atomic E-state index is 10.9. The molecular formula is C18H28O8. The summed E-state index contributed by atoms with van der Waals surface area (Å²) in [6.07, 6.45) is -1.28. The Morgan fingerprint density at radius 2 is 2.00 bits per heavy atom. The van der Waals surface area contributed by atoms with E-state index in [1.165, 1.54) is 0 Å². The van der Waals surface area contributed by atoms with E-state index in [2.05, 4.69) is 6.58 Å². The fourth-order valence-corrected chi connectivity index (χ4v) is 3.31. The lowest BCUT2D eigenvalue weighted by atomic mass is 9.83. The van der Waals surface area contributed by atoms with Gasteiger partial charge in [0, 0.05) is 5.57 Å².